The first-order valence-electron chi connectivity index (χ1n) is 13.5. The van der Waals surface area contributed by atoms with Crippen molar-refractivity contribution in [3.05, 3.63) is 76.5 Å². The molecule has 0 radical (unpaired) electrons. The third-order valence-electron chi connectivity index (χ3n) is 7.81. The van der Waals surface area contributed by atoms with Gasteiger partial charge in [0.15, 0.2) is 0 Å². The first-order chi connectivity index (χ1) is 18.3. The van der Waals surface area contributed by atoms with E-state index in [1.807, 2.05) is 23.1 Å². The van der Waals surface area contributed by atoms with Crippen LogP contribution in [0.15, 0.2) is 55.1 Å². The average Bonchev–Trinajstić information content (AvgIpc) is 2.94. The van der Waals surface area contributed by atoms with Crippen molar-refractivity contribution in [3.63, 3.8) is 0 Å². The highest BCUT2D eigenvalue weighted by molar-refractivity contribution is 6.42. The van der Waals surface area contributed by atoms with Gasteiger partial charge in [0.2, 0.25) is 11.8 Å². The maximum atomic E-state index is 13.6. The zero-order valence-corrected chi connectivity index (χ0v) is 23.3. The number of nitrogens with zero attached hydrogens (tertiary/aromatic N) is 3. The largest absolute Gasteiger partial charge is 0.339 e. The number of benzene rings is 2. The Balaban J connectivity index is 1.31. The molecule has 0 saturated carbocycles. The van der Waals surface area contributed by atoms with Gasteiger partial charge in [-0.3, -0.25) is 9.59 Å². The first kappa shape index (κ1) is 28.6. The van der Waals surface area contributed by atoms with E-state index in [9.17, 15) is 14.0 Å². The second-order valence-electron chi connectivity index (χ2n) is 10.4. The molecule has 0 bridgehead atoms. The molecule has 2 aliphatic rings. The van der Waals surface area contributed by atoms with E-state index in [0.29, 0.717) is 48.4 Å². The Bertz CT molecular complexity index is 1110. The summed E-state index contributed by atoms with van der Waals surface area (Å²) in [5, 5.41) is 0.888. The van der Waals surface area contributed by atoms with Crippen molar-refractivity contribution in [1.29, 1.82) is 0 Å². The molecule has 4 rings (SSSR count). The molecule has 0 unspecified atom stereocenters. The molecule has 2 fully saturated rings. The highest BCUT2D eigenvalue weighted by Gasteiger charge is 2.30. The van der Waals surface area contributed by atoms with Gasteiger partial charge in [-0.15, -0.1) is 0 Å². The van der Waals surface area contributed by atoms with Crippen LogP contribution in [0.4, 0.5) is 10.1 Å². The van der Waals surface area contributed by atoms with Gasteiger partial charge in [-0.05, 0) is 106 Å². The molecule has 2 aromatic carbocycles. The van der Waals surface area contributed by atoms with Crippen LogP contribution in [-0.4, -0.2) is 60.9 Å². The number of carbonyl (C=O) groups excluding carboxylic acids is 2. The van der Waals surface area contributed by atoms with Crippen LogP contribution in [0.25, 0.3) is 0 Å². The maximum Gasteiger partial charge on any atom is 0.245 e. The normalized spacial score (nSPS) is 17.4. The molecule has 2 aromatic rings. The lowest BCUT2D eigenvalue weighted by molar-refractivity contribution is -0.131. The molecular formula is C30H36Cl2FN3O2. The third kappa shape index (κ3) is 7.58. The fourth-order valence-electron chi connectivity index (χ4n) is 5.54. The van der Waals surface area contributed by atoms with Gasteiger partial charge in [-0.25, -0.2) is 4.39 Å². The average molecular weight is 561 g/mol. The van der Waals surface area contributed by atoms with Crippen molar-refractivity contribution in [2.24, 2.45) is 11.8 Å². The van der Waals surface area contributed by atoms with Crippen molar-refractivity contribution in [3.8, 4) is 0 Å². The minimum Gasteiger partial charge on any atom is -0.339 e. The van der Waals surface area contributed by atoms with Gasteiger partial charge < -0.3 is 14.7 Å². The van der Waals surface area contributed by atoms with Crippen LogP contribution in [0.3, 0.4) is 0 Å². The van der Waals surface area contributed by atoms with E-state index < -0.39 is 0 Å². The minimum atomic E-state index is -0.190. The summed E-state index contributed by atoms with van der Waals surface area (Å²) < 4.78 is 13.2. The van der Waals surface area contributed by atoms with Crippen LogP contribution in [0.2, 0.25) is 10.0 Å². The van der Waals surface area contributed by atoms with E-state index in [4.69, 9.17) is 23.2 Å². The van der Waals surface area contributed by atoms with Gasteiger partial charge in [-0.2, -0.15) is 0 Å². The van der Waals surface area contributed by atoms with Crippen LogP contribution in [0.1, 0.15) is 37.7 Å². The highest BCUT2D eigenvalue weighted by atomic mass is 35.5. The van der Waals surface area contributed by atoms with Crippen molar-refractivity contribution in [2.75, 3.05) is 44.2 Å². The maximum absolute atomic E-state index is 13.6. The van der Waals surface area contributed by atoms with Gasteiger partial charge in [0.25, 0.3) is 0 Å². The summed E-state index contributed by atoms with van der Waals surface area (Å²) in [5.41, 5.74) is 1.95. The monoisotopic (exact) mass is 559 g/mol. The Morgan fingerprint density at radius 2 is 1.66 bits per heavy atom. The predicted molar refractivity (Wildman–Crippen MR) is 152 cm³/mol. The lowest BCUT2D eigenvalue weighted by Gasteiger charge is -2.35. The van der Waals surface area contributed by atoms with E-state index in [1.54, 1.807) is 17.0 Å². The van der Waals surface area contributed by atoms with E-state index in [0.717, 1.165) is 51.0 Å². The molecule has 5 nitrogen and oxygen atoms in total. The second-order valence-corrected chi connectivity index (χ2v) is 11.2. The van der Waals surface area contributed by atoms with Gasteiger partial charge in [0.1, 0.15) is 5.82 Å². The summed E-state index contributed by atoms with van der Waals surface area (Å²) in [4.78, 5) is 31.7. The van der Waals surface area contributed by atoms with Crippen molar-refractivity contribution in [2.45, 2.75) is 38.5 Å². The van der Waals surface area contributed by atoms with Crippen LogP contribution in [0.5, 0.6) is 0 Å². The number of piperidine rings is 2. The fraction of sp³-hybridized carbons (Fsp3) is 0.467. The van der Waals surface area contributed by atoms with E-state index in [-0.39, 0.29) is 23.5 Å². The summed E-state index contributed by atoms with van der Waals surface area (Å²) in [6.45, 7) is 8.26. The molecule has 8 heteroatoms. The Labute approximate surface area is 235 Å². The minimum absolute atomic E-state index is 0.0760. The standard InChI is InChI=1S/C30H36Cl2FN3O2/c1-2-29(37)35-18-12-24(13-19-35)30(38)36(26-8-9-27(31)28(32)21-26)15-3-14-34-16-10-23(11-17-34)20-22-4-6-25(33)7-5-22/h2,4-9,21,23-24H,1,3,10-20H2. The summed E-state index contributed by atoms with van der Waals surface area (Å²) in [5.74, 6) is 0.279. The number of rotatable bonds is 9. The molecule has 2 saturated heterocycles. The number of likely N-dealkylation sites (tertiary alicyclic amines) is 2. The number of carbonyl (C=O) groups is 2. The molecule has 0 N–H and O–H groups in total. The summed E-state index contributed by atoms with van der Waals surface area (Å²) >= 11 is 12.4. The number of anilines is 1. The zero-order valence-electron chi connectivity index (χ0n) is 21.8. The quantitative estimate of drug-likeness (QED) is 0.342. The Morgan fingerprint density at radius 1 is 0.974 bits per heavy atom. The summed E-state index contributed by atoms with van der Waals surface area (Å²) in [6, 6.07) is 12.2. The SMILES string of the molecule is C=CC(=O)N1CCC(C(=O)N(CCCN2CCC(Cc3ccc(F)cc3)CC2)c2ccc(Cl)c(Cl)c2)CC1. The summed E-state index contributed by atoms with van der Waals surface area (Å²) in [7, 11) is 0. The molecule has 204 valence electrons. The van der Waals surface area contributed by atoms with E-state index in [2.05, 4.69) is 11.5 Å². The Hall–Kier alpha value is -2.41. The zero-order chi connectivity index (χ0) is 27.1. The molecule has 0 aromatic heterocycles. The van der Waals surface area contributed by atoms with Crippen molar-refractivity contribution in [1.82, 2.24) is 9.80 Å². The lowest BCUT2D eigenvalue weighted by Crippen LogP contribution is -2.45. The summed E-state index contributed by atoms with van der Waals surface area (Å²) in [6.07, 6.45) is 6.68. The predicted octanol–water partition coefficient (Wildman–Crippen LogP) is 6.23. The molecule has 0 spiro atoms. The molecule has 2 aliphatic heterocycles. The van der Waals surface area contributed by atoms with Gasteiger partial charge >= 0.3 is 0 Å². The van der Waals surface area contributed by atoms with E-state index >= 15 is 0 Å². The number of halogens is 3. The smallest absolute Gasteiger partial charge is 0.245 e. The van der Waals surface area contributed by atoms with E-state index in [1.165, 1.54) is 23.8 Å². The molecule has 2 heterocycles. The Morgan fingerprint density at radius 3 is 2.29 bits per heavy atom. The molecule has 2 amide bonds. The molecule has 0 atom stereocenters. The van der Waals surface area contributed by atoms with Gasteiger partial charge in [0.05, 0.1) is 10.0 Å². The van der Waals surface area contributed by atoms with Gasteiger partial charge in [-0.1, -0.05) is 41.9 Å². The Kier molecular flexibility index (Phi) is 10.2. The second kappa shape index (κ2) is 13.6. The van der Waals surface area contributed by atoms with Crippen LogP contribution in [-0.2, 0) is 16.0 Å². The molecular weight excluding hydrogens is 524 g/mol. The number of hydrogen-bond donors (Lipinski definition) is 0. The van der Waals surface area contributed by atoms with Crippen molar-refractivity contribution < 1.29 is 14.0 Å². The third-order valence-corrected chi connectivity index (χ3v) is 8.55. The number of amides is 2. The first-order valence-corrected chi connectivity index (χ1v) is 14.2. The molecule has 38 heavy (non-hydrogen) atoms. The topological polar surface area (TPSA) is 43.9 Å². The highest BCUT2D eigenvalue weighted by Crippen LogP contribution is 2.30. The van der Waals surface area contributed by atoms with Crippen molar-refractivity contribution >= 4 is 40.7 Å². The van der Waals surface area contributed by atoms with Crippen LogP contribution >= 0.6 is 23.2 Å². The van der Waals surface area contributed by atoms with Gasteiger partial charge in [0, 0.05) is 31.2 Å². The van der Waals surface area contributed by atoms with Crippen LogP contribution in [0, 0.1) is 17.7 Å². The lowest BCUT2D eigenvalue weighted by atomic mass is 9.90. The van der Waals surface area contributed by atoms with Crippen LogP contribution < -0.4 is 4.90 Å². The number of hydrogen-bond acceptors (Lipinski definition) is 3. The fourth-order valence-corrected chi connectivity index (χ4v) is 5.83. The molecule has 0 aliphatic carbocycles.